The molecule has 4 rings (SSSR count). The molecule has 0 spiro atoms. The zero-order valence-electron chi connectivity index (χ0n) is 15.2. The highest BCUT2D eigenvalue weighted by atomic mass is 16.6. The average Bonchev–Trinajstić information content (AvgIpc) is 2.99. The van der Waals surface area contributed by atoms with Gasteiger partial charge in [0.2, 0.25) is 5.91 Å². The Morgan fingerprint density at radius 3 is 2.31 bits per heavy atom. The number of nitro benzene ring substituents is 1. The normalized spacial score (nSPS) is 23.9. The van der Waals surface area contributed by atoms with Crippen LogP contribution in [0.25, 0.3) is 0 Å². The van der Waals surface area contributed by atoms with Crippen molar-refractivity contribution in [2.75, 3.05) is 16.9 Å². The second kappa shape index (κ2) is 7.46. The summed E-state index contributed by atoms with van der Waals surface area (Å²) in [5.74, 6) is -1.44. The van der Waals surface area contributed by atoms with Crippen LogP contribution >= 0.6 is 0 Å². The number of fused-ring (bicyclic) bond motifs is 1. The van der Waals surface area contributed by atoms with Gasteiger partial charge in [-0.3, -0.25) is 19.7 Å². The molecule has 3 atom stereocenters. The molecule has 0 radical (unpaired) electrons. The van der Waals surface area contributed by atoms with Crippen LogP contribution in [0.15, 0.2) is 66.7 Å². The molecule has 2 heterocycles. The molecular weight excluding hydrogens is 376 g/mol. The van der Waals surface area contributed by atoms with Gasteiger partial charge in [0.1, 0.15) is 6.04 Å². The molecule has 2 aliphatic rings. The number of rotatable bonds is 5. The summed E-state index contributed by atoms with van der Waals surface area (Å²) < 4.78 is 0. The van der Waals surface area contributed by atoms with Crippen LogP contribution < -0.4 is 10.3 Å². The number of hydrogen-bond acceptors (Lipinski definition) is 7. The van der Waals surface area contributed by atoms with E-state index in [2.05, 4.69) is 5.43 Å². The van der Waals surface area contributed by atoms with E-state index in [0.717, 1.165) is 4.90 Å². The first-order chi connectivity index (χ1) is 14.0. The quantitative estimate of drug-likeness (QED) is 0.343. The van der Waals surface area contributed by atoms with Crippen molar-refractivity contribution in [1.82, 2.24) is 5.01 Å². The van der Waals surface area contributed by atoms with Crippen molar-refractivity contribution < 1.29 is 19.6 Å². The third kappa shape index (κ3) is 3.26. The number of hydrogen-bond donors (Lipinski definition) is 2. The van der Waals surface area contributed by atoms with Gasteiger partial charge in [-0.25, -0.2) is 9.91 Å². The lowest BCUT2D eigenvalue weighted by Gasteiger charge is -2.37. The molecular formula is C20H18N4O5. The zero-order valence-corrected chi connectivity index (χ0v) is 15.2. The van der Waals surface area contributed by atoms with Gasteiger partial charge >= 0.3 is 0 Å². The van der Waals surface area contributed by atoms with Crippen LogP contribution in [0, 0.1) is 16.0 Å². The van der Waals surface area contributed by atoms with E-state index in [9.17, 15) is 24.8 Å². The van der Waals surface area contributed by atoms with Crippen molar-refractivity contribution in [2.45, 2.75) is 12.1 Å². The summed E-state index contributed by atoms with van der Waals surface area (Å²) in [5.41, 5.74) is 3.97. The Morgan fingerprint density at radius 2 is 1.69 bits per heavy atom. The number of aliphatic hydroxyl groups is 1. The number of non-ortho nitro benzene ring substituents is 1. The first-order valence-corrected chi connectivity index (χ1v) is 9.03. The van der Waals surface area contributed by atoms with E-state index in [1.54, 1.807) is 42.5 Å². The largest absolute Gasteiger partial charge is 0.394 e. The highest BCUT2D eigenvalue weighted by molar-refractivity contribution is 6.24. The molecule has 1 fully saturated rings. The zero-order chi connectivity index (χ0) is 20.5. The molecule has 2 aromatic rings. The Labute approximate surface area is 166 Å². The second-order valence-electron chi connectivity index (χ2n) is 6.78. The van der Waals surface area contributed by atoms with Gasteiger partial charge in [0.05, 0.1) is 29.2 Å². The van der Waals surface area contributed by atoms with Crippen LogP contribution in [0.5, 0.6) is 0 Å². The predicted octanol–water partition coefficient (Wildman–Crippen LogP) is 1.71. The Hall–Kier alpha value is -3.56. The molecule has 0 saturated carbocycles. The minimum Gasteiger partial charge on any atom is -0.394 e. The number of nitro groups is 1. The molecule has 148 valence electrons. The number of anilines is 2. The number of nitrogens with one attached hydrogen (secondary N) is 1. The summed E-state index contributed by atoms with van der Waals surface area (Å²) in [7, 11) is 0. The van der Waals surface area contributed by atoms with Crippen LogP contribution in [-0.4, -0.2) is 45.5 Å². The van der Waals surface area contributed by atoms with Gasteiger partial charge in [0.25, 0.3) is 11.6 Å². The molecule has 9 heteroatoms. The molecule has 2 N–H and O–H groups in total. The van der Waals surface area contributed by atoms with Crippen molar-refractivity contribution in [3.8, 4) is 0 Å². The maximum absolute atomic E-state index is 13.2. The minimum absolute atomic E-state index is 0.0620. The number of imide groups is 1. The third-order valence-corrected chi connectivity index (χ3v) is 5.05. The summed E-state index contributed by atoms with van der Waals surface area (Å²) >= 11 is 0. The first-order valence-electron chi connectivity index (χ1n) is 9.03. The van der Waals surface area contributed by atoms with Crippen molar-refractivity contribution in [3.63, 3.8) is 0 Å². The molecule has 0 unspecified atom stereocenters. The lowest BCUT2D eigenvalue weighted by Crippen LogP contribution is -2.55. The Bertz CT molecular complexity index is 976. The van der Waals surface area contributed by atoms with E-state index in [0.29, 0.717) is 11.4 Å². The number of nitrogens with zero attached hydrogens (tertiary/aromatic N) is 3. The number of hydrazine groups is 1. The summed E-state index contributed by atoms with van der Waals surface area (Å²) in [6.45, 7) is -0.271. The van der Waals surface area contributed by atoms with Crippen molar-refractivity contribution in [2.24, 2.45) is 5.92 Å². The van der Waals surface area contributed by atoms with Gasteiger partial charge in [-0.15, -0.1) is 0 Å². The van der Waals surface area contributed by atoms with E-state index < -0.39 is 28.8 Å². The smallest absolute Gasteiger partial charge is 0.269 e. The molecule has 2 aliphatic heterocycles. The highest BCUT2D eigenvalue weighted by Gasteiger charge is 2.53. The van der Waals surface area contributed by atoms with Gasteiger partial charge in [-0.2, -0.15) is 0 Å². The van der Waals surface area contributed by atoms with Crippen LogP contribution in [0.2, 0.25) is 0 Å². The number of carbonyl (C=O) groups excluding carboxylic acids is 2. The number of amides is 2. The molecule has 29 heavy (non-hydrogen) atoms. The molecule has 0 bridgehead atoms. The number of aliphatic hydroxyl groups excluding tert-OH is 1. The summed E-state index contributed by atoms with van der Waals surface area (Å²) in [5, 5.41) is 22.2. The first kappa shape index (κ1) is 18.8. The maximum atomic E-state index is 13.2. The van der Waals surface area contributed by atoms with Crippen molar-refractivity contribution >= 4 is 28.9 Å². The Morgan fingerprint density at radius 1 is 1.00 bits per heavy atom. The Kier molecular flexibility index (Phi) is 4.83. The van der Waals surface area contributed by atoms with Gasteiger partial charge in [0, 0.05) is 17.8 Å². The predicted molar refractivity (Wildman–Crippen MR) is 105 cm³/mol. The number of benzene rings is 2. The van der Waals surface area contributed by atoms with Crippen molar-refractivity contribution in [3.05, 3.63) is 76.9 Å². The molecule has 0 aliphatic carbocycles. The Balaban J connectivity index is 1.66. The molecule has 1 saturated heterocycles. The van der Waals surface area contributed by atoms with Crippen LogP contribution in [0.1, 0.15) is 0 Å². The lowest BCUT2D eigenvalue weighted by atomic mass is 9.95. The van der Waals surface area contributed by atoms with Gasteiger partial charge < -0.3 is 10.5 Å². The van der Waals surface area contributed by atoms with Gasteiger partial charge in [0.15, 0.2) is 0 Å². The standard InChI is InChI=1S/C20H18N4O5/c25-12-16-10-11-17-18(20(27)22(19(17)26)14-4-2-1-3-5-14)23(16)21-13-6-8-15(9-7-13)24(28)29/h1-11,16-18,21,25H,12H2/t16-,17-,18+/m1/s1. The molecule has 9 nitrogen and oxygen atoms in total. The summed E-state index contributed by atoms with van der Waals surface area (Å²) in [6.07, 6.45) is 3.34. The van der Waals surface area contributed by atoms with Gasteiger partial charge in [-0.1, -0.05) is 30.4 Å². The molecule has 2 amide bonds. The van der Waals surface area contributed by atoms with E-state index in [1.807, 2.05) is 0 Å². The summed E-state index contributed by atoms with van der Waals surface area (Å²) in [6, 6.07) is 13.0. The van der Waals surface area contributed by atoms with E-state index in [1.165, 1.54) is 29.3 Å². The van der Waals surface area contributed by atoms with Crippen LogP contribution in [0.4, 0.5) is 17.1 Å². The van der Waals surface area contributed by atoms with E-state index >= 15 is 0 Å². The van der Waals surface area contributed by atoms with E-state index in [-0.39, 0.29) is 18.2 Å². The second-order valence-corrected chi connectivity index (χ2v) is 6.78. The lowest BCUT2D eigenvalue weighted by molar-refractivity contribution is -0.384. The maximum Gasteiger partial charge on any atom is 0.269 e. The topological polar surface area (TPSA) is 116 Å². The van der Waals surface area contributed by atoms with Crippen molar-refractivity contribution in [1.29, 1.82) is 0 Å². The monoisotopic (exact) mass is 394 g/mol. The highest BCUT2D eigenvalue weighted by Crippen LogP contribution is 2.34. The fourth-order valence-corrected chi connectivity index (χ4v) is 3.64. The van der Waals surface area contributed by atoms with Gasteiger partial charge in [-0.05, 0) is 24.3 Å². The SMILES string of the molecule is O=C1[C@@H]2[C@@H](C=C[C@H](CO)N2Nc2ccc([N+](=O)[O-])cc2)C(=O)N1c1ccccc1. The third-order valence-electron chi connectivity index (χ3n) is 5.05. The van der Waals surface area contributed by atoms with Crippen LogP contribution in [-0.2, 0) is 9.59 Å². The fourth-order valence-electron chi connectivity index (χ4n) is 3.64. The number of para-hydroxylation sites is 1. The average molecular weight is 394 g/mol. The minimum atomic E-state index is -0.847. The molecule has 0 aromatic heterocycles. The summed E-state index contributed by atoms with van der Waals surface area (Å²) in [4.78, 5) is 37.6. The fraction of sp³-hybridized carbons (Fsp3) is 0.200. The molecule has 2 aromatic carbocycles. The van der Waals surface area contributed by atoms with E-state index in [4.69, 9.17) is 0 Å². The van der Waals surface area contributed by atoms with Crippen LogP contribution in [0.3, 0.4) is 0 Å². The number of carbonyl (C=O) groups is 2.